The van der Waals surface area contributed by atoms with Gasteiger partial charge in [0.25, 0.3) is 5.91 Å². The maximum absolute atomic E-state index is 12.8. The minimum atomic E-state index is 0.0859. The molecule has 0 N–H and O–H groups in total. The molecular formula is C19H17N3O. The van der Waals surface area contributed by atoms with Crippen LogP contribution in [0.4, 0.5) is 5.69 Å². The molecule has 2 aliphatic rings. The minimum Gasteiger partial charge on any atom is -0.302 e. The maximum atomic E-state index is 12.8. The molecule has 2 aromatic carbocycles. The van der Waals surface area contributed by atoms with Gasteiger partial charge in [0, 0.05) is 23.2 Å². The Balaban J connectivity index is 1.56. The van der Waals surface area contributed by atoms with Gasteiger partial charge in [0.1, 0.15) is 0 Å². The van der Waals surface area contributed by atoms with Crippen LogP contribution < -0.4 is 4.90 Å². The third-order valence-electron chi connectivity index (χ3n) is 4.94. The summed E-state index contributed by atoms with van der Waals surface area (Å²) in [7, 11) is 0. The number of aryl methyl sites for hydroxylation is 2. The minimum absolute atomic E-state index is 0.0859. The van der Waals surface area contributed by atoms with Crippen LogP contribution in [0.3, 0.4) is 0 Å². The van der Waals surface area contributed by atoms with Crippen LogP contribution in [0, 0.1) is 0 Å². The highest BCUT2D eigenvalue weighted by atomic mass is 16.2. The van der Waals surface area contributed by atoms with Crippen molar-refractivity contribution in [1.29, 1.82) is 0 Å². The van der Waals surface area contributed by atoms with E-state index in [9.17, 15) is 4.79 Å². The number of amides is 1. The highest BCUT2D eigenvalue weighted by Crippen LogP contribution is 2.37. The van der Waals surface area contributed by atoms with E-state index in [1.165, 1.54) is 18.5 Å². The van der Waals surface area contributed by atoms with Gasteiger partial charge in [0.2, 0.25) is 0 Å². The number of aromatic nitrogens is 2. The number of rotatable bonds is 2. The fraction of sp³-hybridized carbons (Fsp3) is 0.263. The third kappa shape index (κ3) is 1.84. The average Bonchev–Trinajstić information content (AvgIpc) is 3.11. The second-order valence-corrected chi connectivity index (χ2v) is 6.38. The first-order chi connectivity index (χ1) is 11.3. The van der Waals surface area contributed by atoms with Crippen molar-refractivity contribution in [2.45, 2.75) is 32.4 Å². The van der Waals surface area contributed by atoms with E-state index < -0.39 is 0 Å². The second-order valence-electron chi connectivity index (χ2n) is 6.38. The van der Waals surface area contributed by atoms with Gasteiger partial charge in [-0.05, 0) is 42.8 Å². The molecule has 5 rings (SSSR count). The summed E-state index contributed by atoms with van der Waals surface area (Å²) in [5.74, 6) is 0.0859. The Morgan fingerprint density at radius 2 is 1.96 bits per heavy atom. The molecule has 0 saturated carbocycles. The van der Waals surface area contributed by atoms with E-state index in [2.05, 4.69) is 22.9 Å². The molecule has 0 spiro atoms. The van der Waals surface area contributed by atoms with Crippen LogP contribution >= 0.6 is 0 Å². The van der Waals surface area contributed by atoms with Crippen molar-refractivity contribution in [2.75, 3.05) is 4.90 Å². The van der Waals surface area contributed by atoms with Crippen molar-refractivity contribution in [3.8, 4) is 0 Å². The molecule has 23 heavy (non-hydrogen) atoms. The molecule has 4 heteroatoms. The molecule has 0 bridgehead atoms. The van der Waals surface area contributed by atoms with E-state index in [4.69, 9.17) is 5.10 Å². The Morgan fingerprint density at radius 3 is 2.83 bits per heavy atom. The molecule has 1 amide bonds. The SMILES string of the molecule is O=C1c2cccc3cccc(c23)N1Cc1cc2n(n1)CCCC2. The predicted molar refractivity (Wildman–Crippen MR) is 89.6 cm³/mol. The van der Waals surface area contributed by atoms with Gasteiger partial charge < -0.3 is 4.90 Å². The molecule has 0 fully saturated rings. The van der Waals surface area contributed by atoms with Gasteiger partial charge in [0.05, 0.1) is 17.9 Å². The number of hydrogen-bond donors (Lipinski definition) is 0. The first-order valence-electron chi connectivity index (χ1n) is 8.20. The quantitative estimate of drug-likeness (QED) is 0.726. The molecule has 3 heterocycles. The Kier molecular flexibility index (Phi) is 2.62. The molecule has 0 radical (unpaired) electrons. The van der Waals surface area contributed by atoms with Gasteiger partial charge >= 0.3 is 0 Å². The lowest BCUT2D eigenvalue weighted by molar-refractivity contribution is 0.0991. The number of nitrogens with zero attached hydrogens (tertiary/aromatic N) is 3. The van der Waals surface area contributed by atoms with E-state index in [0.29, 0.717) is 6.54 Å². The van der Waals surface area contributed by atoms with E-state index in [0.717, 1.165) is 40.7 Å². The van der Waals surface area contributed by atoms with Crippen LogP contribution in [0.25, 0.3) is 10.8 Å². The van der Waals surface area contributed by atoms with Crippen molar-refractivity contribution in [1.82, 2.24) is 9.78 Å². The van der Waals surface area contributed by atoms with Crippen LogP contribution in [0.5, 0.6) is 0 Å². The number of fused-ring (bicyclic) bond motifs is 1. The Hall–Kier alpha value is -2.62. The van der Waals surface area contributed by atoms with Crippen LogP contribution in [-0.2, 0) is 19.5 Å². The molecule has 4 nitrogen and oxygen atoms in total. The lowest BCUT2D eigenvalue weighted by Gasteiger charge is -2.16. The Labute approximate surface area is 134 Å². The molecule has 0 aliphatic carbocycles. The van der Waals surface area contributed by atoms with Crippen LogP contribution in [-0.4, -0.2) is 15.7 Å². The van der Waals surface area contributed by atoms with Gasteiger partial charge in [-0.15, -0.1) is 0 Å². The van der Waals surface area contributed by atoms with E-state index in [1.807, 2.05) is 29.2 Å². The summed E-state index contributed by atoms with van der Waals surface area (Å²) in [4.78, 5) is 14.7. The summed E-state index contributed by atoms with van der Waals surface area (Å²) in [5.41, 5.74) is 4.10. The normalized spacial score (nSPS) is 16.2. The number of carbonyl (C=O) groups excluding carboxylic acids is 1. The summed E-state index contributed by atoms with van der Waals surface area (Å²) in [6.07, 6.45) is 3.52. The third-order valence-corrected chi connectivity index (χ3v) is 4.94. The highest BCUT2D eigenvalue weighted by Gasteiger charge is 2.30. The zero-order valence-corrected chi connectivity index (χ0v) is 12.8. The molecule has 114 valence electrons. The fourth-order valence-electron chi connectivity index (χ4n) is 3.85. The largest absolute Gasteiger partial charge is 0.302 e. The number of benzene rings is 2. The average molecular weight is 303 g/mol. The van der Waals surface area contributed by atoms with Crippen LogP contribution in [0.15, 0.2) is 42.5 Å². The zero-order chi connectivity index (χ0) is 15.4. The zero-order valence-electron chi connectivity index (χ0n) is 12.8. The summed E-state index contributed by atoms with van der Waals surface area (Å²) in [5, 5.41) is 6.90. The van der Waals surface area contributed by atoms with Crippen molar-refractivity contribution >= 4 is 22.4 Å². The Bertz CT molecular complexity index is 912. The first-order valence-corrected chi connectivity index (χ1v) is 8.20. The number of hydrogen-bond acceptors (Lipinski definition) is 2. The van der Waals surface area contributed by atoms with E-state index in [1.54, 1.807) is 0 Å². The molecule has 2 aliphatic heterocycles. The number of carbonyl (C=O) groups is 1. The van der Waals surface area contributed by atoms with Crippen LogP contribution in [0.1, 0.15) is 34.6 Å². The monoisotopic (exact) mass is 303 g/mol. The highest BCUT2D eigenvalue weighted by molar-refractivity contribution is 6.24. The second kappa shape index (κ2) is 4.69. The summed E-state index contributed by atoms with van der Waals surface area (Å²) < 4.78 is 2.10. The maximum Gasteiger partial charge on any atom is 0.259 e. The van der Waals surface area contributed by atoms with Gasteiger partial charge in [-0.25, -0.2) is 0 Å². The van der Waals surface area contributed by atoms with Gasteiger partial charge in [-0.3, -0.25) is 9.48 Å². The van der Waals surface area contributed by atoms with Crippen molar-refractivity contribution in [3.63, 3.8) is 0 Å². The molecule has 1 aromatic heterocycles. The summed E-state index contributed by atoms with van der Waals surface area (Å²) >= 11 is 0. The van der Waals surface area contributed by atoms with Crippen LogP contribution in [0.2, 0.25) is 0 Å². The molecule has 0 saturated heterocycles. The first kappa shape index (κ1) is 12.9. The molecule has 0 unspecified atom stereocenters. The molecule has 0 atom stereocenters. The number of anilines is 1. The topological polar surface area (TPSA) is 38.1 Å². The predicted octanol–water partition coefficient (Wildman–Crippen LogP) is 3.53. The molecular weight excluding hydrogens is 286 g/mol. The summed E-state index contributed by atoms with van der Waals surface area (Å²) in [6, 6.07) is 14.2. The fourth-order valence-corrected chi connectivity index (χ4v) is 3.85. The van der Waals surface area contributed by atoms with Gasteiger partial charge in [0.15, 0.2) is 0 Å². The van der Waals surface area contributed by atoms with Gasteiger partial charge in [-0.2, -0.15) is 5.10 Å². The smallest absolute Gasteiger partial charge is 0.259 e. The molecule has 3 aromatic rings. The lowest BCUT2D eigenvalue weighted by atomic mass is 10.1. The van der Waals surface area contributed by atoms with Gasteiger partial charge in [-0.1, -0.05) is 24.3 Å². The standard InChI is InChI=1S/C19H17N3O/c23-19-16-8-3-5-13-6-4-9-17(18(13)16)21(19)12-14-11-15-7-1-2-10-22(15)20-14/h3-6,8-9,11H,1-2,7,10,12H2. The van der Waals surface area contributed by atoms with E-state index in [-0.39, 0.29) is 5.91 Å². The van der Waals surface area contributed by atoms with Crippen molar-refractivity contribution in [3.05, 3.63) is 59.4 Å². The summed E-state index contributed by atoms with van der Waals surface area (Å²) in [6.45, 7) is 1.55. The lowest BCUT2D eigenvalue weighted by Crippen LogP contribution is -2.26. The van der Waals surface area contributed by atoms with Crippen molar-refractivity contribution < 1.29 is 4.79 Å². The van der Waals surface area contributed by atoms with E-state index >= 15 is 0 Å². The van der Waals surface area contributed by atoms with Crippen molar-refractivity contribution in [2.24, 2.45) is 0 Å². The Morgan fingerprint density at radius 1 is 1.09 bits per heavy atom.